The van der Waals surface area contributed by atoms with E-state index in [1.807, 2.05) is 0 Å². The molecule has 4 saturated carbocycles. The second-order valence-corrected chi connectivity index (χ2v) is 6.21. The van der Waals surface area contributed by atoms with E-state index in [1.54, 1.807) is 19.3 Å². The Hall–Kier alpha value is -0.0400. The van der Waals surface area contributed by atoms with Gasteiger partial charge in [0.2, 0.25) is 0 Å². The number of rotatable bonds is 2. The van der Waals surface area contributed by atoms with Gasteiger partial charge in [-0.15, -0.1) is 0 Å². The van der Waals surface area contributed by atoms with Gasteiger partial charge in [0, 0.05) is 12.1 Å². The molecule has 0 amide bonds. The van der Waals surface area contributed by atoms with E-state index in [2.05, 4.69) is 5.32 Å². The highest BCUT2D eigenvalue weighted by Crippen LogP contribution is 2.61. The van der Waals surface area contributed by atoms with Crippen LogP contribution in [0.25, 0.3) is 0 Å². The van der Waals surface area contributed by atoms with E-state index in [0.29, 0.717) is 0 Å². The molecule has 1 N–H and O–H groups in total. The van der Waals surface area contributed by atoms with Gasteiger partial charge in [-0.1, -0.05) is 6.42 Å². The van der Waals surface area contributed by atoms with Gasteiger partial charge in [0.05, 0.1) is 0 Å². The highest BCUT2D eigenvalue weighted by atomic mass is 15.0. The summed E-state index contributed by atoms with van der Waals surface area (Å²) in [5, 5.41) is 3.91. The number of nitrogens with one attached hydrogen (secondary N) is 1. The van der Waals surface area contributed by atoms with Gasteiger partial charge in [-0.05, 0) is 62.2 Å². The maximum atomic E-state index is 3.91. The van der Waals surface area contributed by atoms with Crippen LogP contribution in [0, 0.1) is 23.7 Å². The van der Waals surface area contributed by atoms with Crippen LogP contribution in [0.1, 0.15) is 44.9 Å². The van der Waals surface area contributed by atoms with Crippen molar-refractivity contribution in [3.63, 3.8) is 0 Å². The van der Waals surface area contributed by atoms with Crippen molar-refractivity contribution in [3.8, 4) is 0 Å². The van der Waals surface area contributed by atoms with Crippen LogP contribution >= 0.6 is 0 Å². The van der Waals surface area contributed by atoms with E-state index in [4.69, 9.17) is 0 Å². The lowest BCUT2D eigenvalue weighted by Gasteiger charge is -2.50. The molecule has 4 fully saturated rings. The summed E-state index contributed by atoms with van der Waals surface area (Å²) in [4.78, 5) is 0. The first-order valence-corrected chi connectivity index (χ1v) is 6.68. The van der Waals surface area contributed by atoms with Gasteiger partial charge in [0.25, 0.3) is 0 Å². The molecule has 1 heteroatoms. The fraction of sp³-hybridized carbons (Fsp3) is 1.00. The SMILES string of the molecule is C1CC(N[C@@H]2C[C@@H]3C4CCC(C4)[C@@H]32)C1. The Bertz CT molecular complexity index is 244. The summed E-state index contributed by atoms with van der Waals surface area (Å²) in [6, 6.07) is 1.86. The topological polar surface area (TPSA) is 12.0 Å². The second kappa shape index (κ2) is 2.75. The summed E-state index contributed by atoms with van der Waals surface area (Å²) in [7, 11) is 0. The molecule has 0 aliphatic heterocycles. The minimum Gasteiger partial charge on any atom is -0.311 e. The van der Waals surface area contributed by atoms with Crippen molar-refractivity contribution in [2.75, 3.05) is 0 Å². The van der Waals surface area contributed by atoms with Crippen molar-refractivity contribution in [3.05, 3.63) is 0 Å². The Balaban J connectivity index is 1.42. The fourth-order valence-corrected chi connectivity index (χ4v) is 4.74. The van der Waals surface area contributed by atoms with Crippen molar-refractivity contribution in [2.24, 2.45) is 23.7 Å². The largest absolute Gasteiger partial charge is 0.311 e. The predicted octanol–water partition coefficient (Wildman–Crippen LogP) is 2.56. The molecule has 2 bridgehead atoms. The summed E-state index contributed by atoms with van der Waals surface area (Å²) in [6.45, 7) is 0. The second-order valence-electron chi connectivity index (χ2n) is 6.21. The van der Waals surface area contributed by atoms with Gasteiger partial charge < -0.3 is 5.32 Å². The van der Waals surface area contributed by atoms with Crippen molar-refractivity contribution in [1.82, 2.24) is 5.32 Å². The molecule has 0 aromatic carbocycles. The van der Waals surface area contributed by atoms with Gasteiger partial charge >= 0.3 is 0 Å². The summed E-state index contributed by atoms with van der Waals surface area (Å²) in [5.74, 6) is 4.57. The van der Waals surface area contributed by atoms with Crippen molar-refractivity contribution >= 4 is 0 Å². The van der Waals surface area contributed by atoms with Gasteiger partial charge in [-0.2, -0.15) is 0 Å². The van der Waals surface area contributed by atoms with Crippen molar-refractivity contribution < 1.29 is 0 Å². The first-order chi connectivity index (χ1) is 6.92. The van der Waals surface area contributed by atoms with Gasteiger partial charge in [0.1, 0.15) is 0 Å². The number of fused-ring (bicyclic) bond motifs is 5. The van der Waals surface area contributed by atoms with E-state index < -0.39 is 0 Å². The monoisotopic (exact) mass is 191 g/mol. The van der Waals surface area contributed by atoms with Crippen LogP contribution in [-0.4, -0.2) is 12.1 Å². The molecule has 5 atom stereocenters. The minimum absolute atomic E-state index is 0.917. The highest BCUT2D eigenvalue weighted by Gasteiger charge is 2.57. The van der Waals surface area contributed by atoms with Crippen LogP contribution in [0.5, 0.6) is 0 Å². The lowest BCUT2D eigenvalue weighted by molar-refractivity contribution is 0.0356. The molecule has 1 nitrogen and oxygen atoms in total. The molecule has 4 aliphatic carbocycles. The quantitative estimate of drug-likeness (QED) is 0.707. The molecule has 0 heterocycles. The van der Waals surface area contributed by atoms with Crippen molar-refractivity contribution in [2.45, 2.75) is 57.0 Å². The van der Waals surface area contributed by atoms with E-state index in [9.17, 15) is 0 Å². The third kappa shape index (κ3) is 0.946. The maximum Gasteiger partial charge on any atom is 0.0106 e. The first-order valence-electron chi connectivity index (χ1n) is 6.68. The minimum atomic E-state index is 0.917. The molecule has 0 spiro atoms. The van der Waals surface area contributed by atoms with Crippen molar-refractivity contribution in [1.29, 1.82) is 0 Å². The molecular weight excluding hydrogens is 170 g/mol. The predicted molar refractivity (Wildman–Crippen MR) is 57.0 cm³/mol. The third-order valence-corrected chi connectivity index (χ3v) is 5.70. The van der Waals surface area contributed by atoms with E-state index in [1.165, 1.54) is 25.7 Å². The van der Waals surface area contributed by atoms with Gasteiger partial charge in [0.15, 0.2) is 0 Å². The summed E-state index contributed by atoms with van der Waals surface area (Å²) in [6.07, 6.45) is 10.7. The Labute approximate surface area is 86.6 Å². The van der Waals surface area contributed by atoms with E-state index >= 15 is 0 Å². The fourth-order valence-electron chi connectivity index (χ4n) is 4.74. The molecular formula is C13H21N. The lowest BCUT2D eigenvalue weighted by atomic mass is 9.62. The van der Waals surface area contributed by atoms with Gasteiger partial charge in [-0.3, -0.25) is 0 Å². The van der Waals surface area contributed by atoms with Crippen LogP contribution < -0.4 is 5.32 Å². The third-order valence-electron chi connectivity index (χ3n) is 5.70. The van der Waals surface area contributed by atoms with Crippen LogP contribution in [0.15, 0.2) is 0 Å². The molecule has 0 saturated heterocycles. The average molecular weight is 191 g/mol. The smallest absolute Gasteiger partial charge is 0.0106 e. The molecule has 0 radical (unpaired) electrons. The first kappa shape index (κ1) is 8.15. The number of hydrogen-bond donors (Lipinski definition) is 1. The molecule has 78 valence electrons. The van der Waals surface area contributed by atoms with Crippen LogP contribution in [0.4, 0.5) is 0 Å². The standard InChI is InChI=1S/C13H21N/c1-2-10(3-1)14-12-7-11-8-4-5-9(6-8)13(11)12/h8-14H,1-7H2/t8?,9?,11-,12-,13+/m1/s1. The molecule has 4 rings (SSSR count). The van der Waals surface area contributed by atoms with Crippen LogP contribution in [0.3, 0.4) is 0 Å². The molecule has 2 unspecified atom stereocenters. The molecule has 14 heavy (non-hydrogen) atoms. The Kier molecular flexibility index (Phi) is 1.60. The zero-order valence-corrected chi connectivity index (χ0v) is 8.91. The summed E-state index contributed by atoms with van der Waals surface area (Å²) in [5.41, 5.74) is 0. The van der Waals surface area contributed by atoms with Gasteiger partial charge in [-0.25, -0.2) is 0 Å². The van der Waals surface area contributed by atoms with Crippen LogP contribution in [-0.2, 0) is 0 Å². The lowest BCUT2D eigenvalue weighted by Crippen LogP contribution is -2.56. The average Bonchev–Trinajstić information content (AvgIpc) is 2.56. The zero-order chi connectivity index (χ0) is 9.12. The van der Waals surface area contributed by atoms with Crippen LogP contribution in [0.2, 0.25) is 0 Å². The normalized spacial score (nSPS) is 55.3. The molecule has 0 aromatic heterocycles. The molecule has 4 aliphatic rings. The summed E-state index contributed by atoms with van der Waals surface area (Å²) >= 11 is 0. The molecule has 0 aromatic rings. The Morgan fingerprint density at radius 3 is 2.43 bits per heavy atom. The summed E-state index contributed by atoms with van der Waals surface area (Å²) < 4.78 is 0. The Morgan fingerprint density at radius 2 is 1.71 bits per heavy atom. The Morgan fingerprint density at radius 1 is 0.857 bits per heavy atom. The highest BCUT2D eigenvalue weighted by molar-refractivity contribution is 5.09. The zero-order valence-electron chi connectivity index (χ0n) is 8.91. The number of hydrogen-bond acceptors (Lipinski definition) is 1. The van der Waals surface area contributed by atoms with E-state index in [-0.39, 0.29) is 0 Å². The van der Waals surface area contributed by atoms with E-state index in [0.717, 1.165) is 35.8 Å². The maximum absolute atomic E-state index is 3.91.